The molecule has 47 heavy (non-hydrogen) atoms. The Morgan fingerprint density at radius 1 is 1.04 bits per heavy atom. The van der Waals surface area contributed by atoms with Crippen molar-refractivity contribution in [1.82, 2.24) is 9.80 Å². The summed E-state index contributed by atoms with van der Waals surface area (Å²) in [6, 6.07) is 21.5. The Hall–Kier alpha value is -4.12. The van der Waals surface area contributed by atoms with Crippen LogP contribution in [-0.4, -0.2) is 85.6 Å². The number of amides is 3. The van der Waals surface area contributed by atoms with Gasteiger partial charge in [-0.15, -0.1) is 0 Å². The average molecular weight is 647 g/mol. The number of ether oxygens (including phenoxy) is 3. The molecule has 0 aromatic heterocycles. The van der Waals surface area contributed by atoms with E-state index in [1.54, 1.807) is 54.5 Å². The van der Waals surface area contributed by atoms with Crippen LogP contribution in [0.4, 0.5) is 16.2 Å². The van der Waals surface area contributed by atoms with Gasteiger partial charge in [0.15, 0.2) is 0 Å². The number of nitrogens with zero attached hydrogens (tertiary/aromatic N) is 2. The summed E-state index contributed by atoms with van der Waals surface area (Å²) < 4.78 is 18.0. The molecule has 0 unspecified atom stereocenters. The quantitative estimate of drug-likeness (QED) is 0.251. The molecule has 0 spiro atoms. The molecule has 0 saturated heterocycles. The highest BCUT2D eigenvalue weighted by molar-refractivity contribution is 6.02. The highest BCUT2D eigenvalue weighted by Crippen LogP contribution is 2.29. The van der Waals surface area contributed by atoms with E-state index in [9.17, 15) is 14.7 Å². The third-order valence-electron chi connectivity index (χ3n) is 8.44. The lowest BCUT2D eigenvalue weighted by Crippen LogP contribution is -2.47. The Balaban J connectivity index is 1.57. The molecule has 0 aliphatic carbocycles. The van der Waals surface area contributed by atoms with E-state index in [4.69, 9.17) is 14.2 Å². The van der Waals surface area contributed by atoms with Crippen molar-refractivity contribution in [2.24, 2.45) is 5.92 Å². The second-order valence-corrected chi connectivity index (χ2v) is 12.5. The predicted molar refractivity (Wildman–Crippen MR) is 185 cm³/mol. The van der Waals surface area contributed by atoms with Gasteiger partial charge in [-0.1, -0.05) is 37.3 Å². The molecule has 1 heterocycles. The summed E-state index contributed by atoms with van der Waals surface area (Å²) in [6.45, 7) is 8.19. The van der Waals surface area contributed by atoms with Crippen molar-refractivity contribution in [3.63, 3.8) is 0 Å². The van der Waals surface area contributed by atoms with Crippen molar-refractivity contribution in [2.75, 3.05) is 51.1 Å². The van der Waals surface area contributed by atoms with Crippen molar-refractivity contribution in [1.29, 1.82) is 0 Å². The lowest BCUT2D eigenvalue weighted by Gasteiger charge is -2.36. The first-order valence-electron chi connectivity index (χ1n) is 16.5. The van der Waals surface area contributed by atoms with Gasteiger partial charge in [0.05, 0.1) is 37.5 Å². The van der Waals surface area contributed by atoms with Gasteiger partial charge >= 0.3 is 6.03 Å². The summed E-state index contributed by atoms with van der Waals surface area (Å²) in [6.07, 6.45) is 2.34. The topological polar surface area (TPSA) is 113 Å². The number of urea groups is 1. The molecular formula is C37H50N4O6. The zero-order valence-corrected chi connectivity index (χ0v) is 28.3. The second kappa shape index (κ2) is 17.7. The van der Waals surface area contributed by atoms with Crippen LogP contribution < -0.4 is 20.1 Å². The van der Waals surface area contributed by atoms with Gasteiger partial charge in [-0.2, -0.15) is 0 Å². The highest BCUT2D eigenvalue weighted by Gasteiger charge is 2.30. The van der Waals surface area contributed by atoms with E-state index in [2.05, 4.69) is 41.6 Å². The molecule has 0 radical (unpaired) electrons. The fourth-order valence-electron chi connectivity index (χ4n) is 5.70. The lowest BCUT2D eigenvalue weighted by molar-refractivity contribution is -0.0177. The van der Waals surface area contributed by atoms with Crippen LogP contribution in [0.1, 0.15) is 56.0 Å². The highest BCUT2D eigenvalue weighted by atomic mass is 16.5. The Morgan fingerprint density at radius 2 is 1.74 bits per heavy atom. The molecule has 3 aromatic rings. The molecule has 0 saturated carbocycles. The van der Waals surface area contributed by atoms with Gasteiger partial charge in [0.2, 0.25) is 0 Å². The fourth-order valence-corrected chi connectivity index (χ4v) is 5.70. The molecule has 3 amide bonds. The van der Waals surface area contributed by atoms with E-state index in [0.29, 0.717) is 48.1 Å². The normalized spacial score (nSPS) is 20.0. The predicted octanol–water partition coefficient (Wildman–Crippen LogP) is 6.27. The van der Waals surface area contributed by atoms with Crippen LogP contribution >= 0.6 is 0 Å². The minimum atomic E-state index is -0.458. The number of aliphatic hydroxyl groups excluding tert-OH is 1. The maximum atomic E-state index is 14.4. The smallest absolute Gasteiger partial charge is 0.323 e. The number of methoxy groups -OCH3 is 1. The van der Waals surface area contributed by atoms with Gasteiger partial charge in [0, 0.05) is 43.5 Å². The first kappa shape index (κ1) is 35.7. The molecule has 0 bridgehead atoms. The Bertz CT molecular complexity index is 1420. The molecule has 0 fully saturated rings. The summed E-state index contributed by atoms with van der Waals surface area (Å²) in [5.41, 5.74) is 2.58. The molecule has 10 nitrogen and oxygen atoms in total. The van der Waals surface area contributed by atoms with E-state index in [0.717, 1.165) is 25.8 Å². The Kier molecular flexibility index (Phi) is 13.5. The maximum Gasteiger partial charge on any atom is 0.323 e. The molecule has 3 N–H and O–H groups in total. The fraction of sp³-hybridized carbons (Fsp3) is 0.459. The zero-order valence-electron chi connectivity index (χ0n) is 28.3. The molecule has 4 atom stereocenters. The van der Waals surface area contributed by atoms with E-state index in [1.165, 1.54) is 5.56 Å². The van der Waals surface area contributed by atoms with Crippen LogP contribution in [0.15, 0.2) is 72.8 Å². The number of nitrogens with one attached hydrogen (secondary N) is 2. The van der Waals surface area contributed by atoms with E-state index in [1.807, 2.05) is 32.0 Å². The zero-order chi connectivity index (χ0) is 33.8. The van der Waals surface area contributed by atoms with E-state index < -0.39 is 12.1 Å². The van der Waals surface area contributed by atoms with Crippen LogP contribution in [0.25, 0.3) is 0 Å². The first-order valence-corrected chi connectivity index (χ1v) is 16.5. The molecule has 254 valence electrons. The number of carbonyl (C=O) groups is 2. The van der Waals surface area contributed by atoms with Crippen molar-refractivity contribution < 1.29 is 28.9 Å². The van der Waals surface area contributed by atoms with Gasteiger partial charge in [-0.25, -0.2) is 4.79 Å². The van der Waals surface area contributed by atoms with E-state index in [-0.39, 0.29) is 30.6 Å². The van der Waals surface area contributed by atoms with Gasteiger partial charge < -0.3 is 34.9 Å². The molecular weight excluding hydrogens is 596 g/mol. The number of anilines is 2. The lowest BCUT2D eigenvalue weighted by atomic mass is 10.0. The van der Waals surface area contributed by atoms with Gasteiger partial charge in [0.25, 0.3) is 5.91 Å². The van der Waals surface area contributed by atoms with Crippen molar-refractivity contribution >= 4 is 23.3 Å². The van der Waals surface area contributed by atoms with Gasteiger partial charge in [-0.3, -0.25) is 9.69 Å². The standard InChI is InChI=1S/C37H50N4O6/c1-26-22-41(27(2)25-42)36(43)33-21-31(39-37(44)38-30-14-17-32(45-5)18-15-30)16-19-34(33)47-28(3)11-9-10-20-46-35(26)24-40(4)23-29-12-7-6-8-13-29/h6-8,12-19,21,26-28,35,42H,9-11,20,22-25H2,1-5H3,(H2,38,39,44)/t26-,27+,28-,35-/m1/s1. The first-order chi connectivity index (χ1) is 22.7. The van der Waals surface area contributed by atoms with Crippen LogP contribution in [0.2, 0.25) is 0 Å². The molecule has 3 aromatic carbocycles. The Labute approximate surface area is 279 Å². The number of hydrogen-bond donors (Lipinski definition) is 3. The largest absolute Gasteiger partial charge is 0.497 e. The van der Waals surface area contributed by atoms with Gasteiger partial charge in [0.1, 0.15) is 11.5 Å². The summed E-state index contributed by atoms with van der Waals surface area (Å²) in [7, 11) is 3.67. The monoisotopic (exact) mass is 646 g/mol. The van der Waals surface area contributed by atoms with Crippen LogP contribution in [-0.2, 0) is 11.3 Å². The number of fused-ring (bicyclic) bond motifs is 1. The van der Waals surface area contributed by atoms with Crippen molar-refractivity contribution in [3.05, 3.63) is 83.9 Å². The third-order valence-corrected chi connectivity index (χ3v) is 8.44. The van der Waals surface area contributed by atoms with Gasteiger partial charge in [-0.05, 0) is 88.2 Å². The second-order valence-electron chi connectivity index (χ2n) is 12.5. The summed E-state index contributed by atoms with van der Waals surface area (Å²) in [5.74, 6) is 0.809. The average Bonchev–Trinajstić information content (AvgIpc) is 3.06. The van der Waals surface area contributed by atoms with Crippen LogP contribution in [0.3, 0.4) is 0 Å². The van der Waals surface area contributed by atoms with Crippen LogP contribution in [0.5, 0.6) is 11.5 Å². The maximum absolute atomic E-state index is 14.4. The van der Waals surface area contributed by atoms with Crippen molar-refractivity contribution in [3.8, 4) is 11.5 Å². The van der Waals surface area contributed by atoms with E-state index >= 15 is 0 Å². The molecule has 4 rings (SSSR count). The van der Waals surface area contributed by atoms with Crippen LogP contribution in [0, 0.1) is 5.92 Å². The van der Waals surface area contributed by atoms with Crippen molar-refractivity contribution in [2.45, 2.75) is 64.8 Å². The summed E-state index contributed by atoms with van der Waals surface area (Å²) in [5, 5.41) is 15.9. The number of hydrogen-bond acceptors (Lipinski definition) is 7. The minimum absolute atomic E-state index is 0.0333. The number of rotatable bonds is 9. The molecule has 10 heteroatoms. The molecule has 1 aliphatic heterocycles. The summed E-state index contributed by atoms with van der Waals surface area (Å²) in [4.78, 5) is 31.2. The minimum Gasteiger partial charge on any atom is -0.497 e. The number of benzene rings is 3. The Morgan fingerprint density at radius 3 is 2.45 bits per heavy atom. The summed E-state index contributed by atoms with van der Waals surface area (Å²) >= 11 is 0. The number of aliphatic hydroxyl groups is 1. The molecule has 1 aliphatic rings. The third kappa shape index (κ3) is 10.7. The number of carbonyl (C=O) groups excluding carboxylic acids is 2. The SMILES string of the molecule is COc1ccc(NC(=O)Nc2ccc3c(c2)C(=O)N([C@@H](C)CO)C[C@@H](C)[C@@H](CN(C)Cc2ccccc2)OCCCC[C@@H](C)O3)cc1. The number of likely N-dealkylation sites (N-methyl/N-ethyl adjacent to an activating group) is 1.